The Morgan fingerprint density at radius 2 is 0.596 bits per heavy atom. The fourth-order valence-electron chi connectivity index (χ4n) is 8.64. The van der Waals surface area contributed by atoms with Gasteiger partial charge in [0.05, 0.1) is 31.3 Å². The molecule has 0 aliphatic heterocycles. The first-order valence-corrected chi connectivity index (χ1v) is 26.3. The summed E-state index contributed by atoms with van der Waals surface area (Å²) in [6, 6.07) is -0.652. The Bertz CT molecular complexity index is 762. The lowest BCUT2D eigenvalue weighted by atomic mass is 10.0. The summed E-state index contributed by atoms with van der Waals surface area (Å²) in [7, 11) is 0. The molecular formula is C52H105NO4. The van der Waals surface area contributed by atoms with Gasteiger partial charge in [0, 0.05) is 0 Å². The molecule has 3 atom stereocenters. The predicted octanol–water partition coefficient (Wildman–Crippen LogP) is 15.8. The van der Waals surface area contributed by atoms with Crippen LogP contribution < -0.4 is 5.32 Å². The van der Waals surface area contributed by atoms with Crippen molar-refractivity contribution in [3.63, 3.8) is 0 Å². The molecule has 3 unspecified atom stereocenters. The van der Waals surface area contributed by atoms with E-state index in [0.717, 1.165) is 25.7 Å². The van der Waals surface area contributed by atoms with Crippen LogP contribution in [0.15, 0.2) is 0 Å². The second-order valence-corrected chi connectivity index (χ2v) is 18.5. The molecule has 57 heavy (non-hydrogen) atoms. The van der Waals surface area contributed by atoms with Crippen LogP contribution in [0.1, 0.15) is 303 Å². The lowest BCUT2D eigenvalue weighted by molar-refractivity contribution is -0.125. The summed E-state index contributed by atoms with van der Waals surface area (Å²) in [4.78, 5) is 12.5. The molecule has 0 rings (SSSR count). The lowest BCUT2D eigenvalue weighted by Gasteiger charge is -2.23. The molecule has 0 saturated heterocycles. The van der Waals surface area contributed by atoms with Crippen LogP contribution in [0.5, 0.6) is 0 Å². The van der Waals surface area contributed by atoms with Gasteiger partial charge in [0.15, 0.2) is 0 Å². The third-order valence-electron chi connectivity index (χ3n) is 12.7. The van der Waals surface area contributed by atoms with Crippen LogP contribution >= 0.6 is 0 Å². The highest BCUT2D eigenvalue weighted by molar-refractivity contribution is 5.76. The van der Waals surface area contributed by atoms with Crippen LogP contribution in [-0.4, -0.2) is 46.1 Å². The molecule has 0 aromatic carbocycles. The van der Waals surface area contributed by atoms with Crippen LogP contribution in [0.2, 0.25) is 0 Å². The minimum Gasteiger partial charge on any atom is -0.394 e. The van der Waals surface area contributed by atoms with E-state index < -0.39 is 18.2 Å². The van der Waals surface area contributed by atoms with Crippen LogP contribution in [0.4, 0.5) is 0 Å². The molecule has 342 valence electrons. The maximum Gasteiger partial charge on any atom is 0.222 e. The van der Waals surface area contributed by atoms with Gasteiger partial charge in [0.1, 0.15) is 0 Å². The largest absolute Gasteiger partial charge is 0.394 e. The molecule has 0 saturated carbocycles. The molecule has 4 N–H and O–H groups in total. The average molecular weight is 808 g/mol. The van der Waals surface area contributed by atoms with E-state index in [9.17, 15) is 20.1 Å². The maximum atomic E-state index is 12.5. The van der Waals surface area contributed by atoms with Crippen molar-refractivity contribution in [3.8, 4) is 0 Å². The molecule has 1 amide bonds. The molecule has 0 heterocycles. The van der Waals surface area contributed by atoms with Gasteiger partial charge >= 0.3 is 0 Å². The third-order valence-corrected chi connectivity index (χ3v) is 12.7. The number of carbonyl (C=O) groups excluding carboxylic acids is 1. The van der Waals surface area contributed by atoms with Gasteiger partial charge in [-0.1, -0.05) is 284 Å². The topological polar surface area (TPSA) is 89.8 Å². The molecule has 5 heteroatoms. The number of rotatable bonds is 49. The van der Waals surface area contributed by atoms with E-state index in [2.05, 4.69) is 19.2 Å². The Kier molecular flexibility index (Phi) is 47.5. The Morgan fingerprint density at radius 1 is 0.368 bits per heavy atom. The quantitative estimate of drug-likeness (QED) is 0.0461. The van der Waals surface area contributed by atoms with E-state index in [1.807, 2.05) is 0 Å². The molecule has 0 bridgehead atoms. The molecule has 0 aromatic heterocycles. The summed E-state index contributed by atoms with van der Waals surface area (Å²) in [6.45, 7) is 4.28. The van der Waals surface area contributed by atoms with Crippen molar-refractivity contribution >= 4 is 5.91 Å². The number of aliphatic hydroxyl groups is 3. The van der Waals surface area contributed by atoms with Crippen molar-refractivity contribution in [3.05, 3.63) is 0 Å². The van der Waals surface area contributed by atoms with E-state index >= 15 is 0 Å². The van der Waals surface area contributed by atoms with Gasteiger partial charge < -0.3 is 20.6 Å². The molecule has 0 aromatic rings. The first kappa shape index (κ1) is 56.4. The van der Waals surface area contributed by atoms with Gasteiger partial charge in [-0.15, -0.1) is 0 Å². The van der Waals surface area contributed by atoms with E-state index in [1.54, 1.807) is 0 Å². The van der Waals surface area contributed by atoms with E-state index in [0.29, 0.717) is 12.8 Å². The van der Waals surface area contributed by atoms with Gasteiger partial charge in [-0.2, -0.15) is 0 Å². The van der Waals surface area contributed by atoms with Gasteiger partial charge in [0.2, 0.25) is 5.91 Å². The molecule has 0 aliphatic rings. The molecule has 0 fully saturated rings. The van der Waals surface area contributed by atoms with Crippen molar-refractivity contribution in [1.82, 2.24) is 5.32 Å². The first-order valence-electron chi connectivity index (χ1n) is 26.3. The highest BCUT2D eigenvalue weighted by atomic mass is 16.3. The van der Waals surface area contributed by atoms with Gasteiger partial charge in [0.25, 0.3) is 0 Å². The van der Waals surface area contributed by atoms with Crippen molar-refractivity contribution in [2.45, 2.75) is 321 Å². The van der Waals surface area contributed by atoms with E-state index in [4.69, 9.17) is 0 Å². The minimum absolute atomic E-state index is 0.0429. The summed E-state index contributed by atoms with van der Waals surface area (Å²) in [5.41, 5.74) is 0. The maximum absolute atomic E-state index is 12.5. The Balaban J connectivity index is 3.41. The van der Waals surface area contributed by atoms with Gasteiger partial charge in [-0.05, 0) is 12.8 Å². The molecule has 0 radical (unpaired) electrons. The smallest absolute Gasteiger partial charge is 0.222 e. The number of amides is 1. The predicted molar refractivity (Wildman–Crippen MR) is 250 cm³/mol. The number of aliphatic hydroxyl groups excluding tert-OH is 3. The summed E-state index contributed by atoms with van der Waals surface area (Å²) in [5, 5.41) is 33.4. The molecule has 0 aliphatic carbocycles. The SMILES string of the molecule is CCCCCCCCCCCCCCCCCCCCCCCCCCCCCCCCCC(O)CC(=O)NC(CO)C(O)CCCCCCCCCCCCC. The number of hydrogen-bond donors (Lipinski definition) is 4. The number of unbranched alkanes of at least 4 members (excludes halogenated alkanes) is 40. The molecule has 5 nitrogen and oxygen atoms in total. The Labute approximate surface area is 357 Å². The summed E-state index contributed by atoms with van der Waals surface area (Å²) in [6.07, 6.45) is 56.9. The Hall–Kier alpha value is -0.650. The lowest BCUT2D eigenvalue weighted by Crippen LogP contribution is -2.46. The van der Waals surface area contributed by atoms with Crippen LogP contribution in [-0.2, 0) is 4.79 Å². The summed E-state index contributed by atoms with van der Waals surface area (Å²) >= 11 is 0. The Morgan fingerprint density at radius 3 is 0.842 bits per heavy atom. The van der Waals surface area contributed by atoms with Crippen LogP contribution in [0, 0.1) is 0 Å². The van der Waals surface area contributed by atoms with Gasteiger partial charge in [-0.25, -0.2) is 0 Å². The van der Waals surface area contributed by atoms with Crippen molar-refractivity contribution < 1.29 is 20.1 Å². The molecular weight excluding hydrogens is 703 g/mol. The average Bonchev–Trinajstić information content (AvgIpc) is 3.20. The zero-order valence-corrected chi connectivity index (χ0v) is 39.0. The third kappa shape index (κ3) is 44.7. The van der Waals surface area contributed by atoms with E-state index in [1.165, 1.54) is 244 Å². The zero-order valence-electron chi connectivity index (χ0n) is 39.0. The monoisotopic (exact) mass is 808 g/mol. The molecule has 0 spiro atoms. The highest BCUT2D eigenvalue weighted by Crippen LogP contribution is 2.18. The van der Waals surface area contributed by atoms with Crippen molar-refractivity contribution in [2.75, 3.05) is 6.61 Å². The second kappa shape index (κ2) is 48.0. The standard InChI is InChI=1S/C52H105NO4/c1-3-5-7-9-11-13-15-16-17-18-19-20-21-22-23-24-25-26-27-28-29-30-31-32-33-34-36-37-39-41-43-45-49(55)47-52(57)53-50(48-54)51(56)46-44-42-40-38-35-14-12-10-8-6-4-2/h49-51,54-56H,3-48H2,1-2H3,(H,53,57). The minimum atomic E-state index is -0.743. The summed E-state index contributed by atoms with van der Waals surface area (Å²) in [5.74, 6) is -0.278. The fourth-order valence-corrected chi connectivity index (χ4v) is 8.64. The normalized spacial score (nSPS) is 13.3. The van der Waals surface area contributed by atoms with Crippen LogP contribution in [0.3, 0.4) is 0 Å². The number of hydrogen-bond acceptors (Lipinski definition) is 4. The highest BCUT2D eigenvalue weighted by Gasteiger charge is 2.21. The number of carbonyl (C=O) groups is 1. The summed E-state index contributed by atoms with van der Waals surface area (Å²) < 4.78 is 0. The van der Waals surface area contributed by atoms with Crippen LogP contribution in [0.25, 0.3) is 0 Å². The fraction of sp³-hybridized carbons (Fsp3) is 0.981. The van der Waals surface area contributed by atoms with Crippen molar-refractivity contribution in [1.29, 1.82) is 0 Å². The van der Waals surface area contributed by atoms with Crippen molar-refractivity contribution in [2.24, 2.45) is 0 Å². The number of nitrogens with one attached hydrogen (secondary N) is 1. The zero-order chi connectivity index (χ0) is 41.5. The first-order chi connectivity index (χ1) is 28.0. The second-order valence-electron chi connectivity index (χ2n) is 18.5. The van der Waals surface area contributed by atoms with Gasteiger partial charge in [-0.3, -0.25) is 4.79 Å². The van der Waals surface area contributed by atoms with E-state index in [-0.39, 0.29) is 18.9 Å².